The topological polar surface area (TPSA) is 57.6 Å². The van der Waals surface area contributed by atoms with Gasteiger partial charge in [0, 0.05) is 12.2 Å². The molecule has 12 heavy (non-hydrogen) atoms. The molecule has 0 aliphatic carbocycles. The minimum atomic E-state index is -1.30. The largest absolute Gasteiger partial charge is 0.478 e. The van der Waals surface area contributed by atoms with Gasteiger partial charge in [0.2, 0.25) is 0 Å². The van der Waals surface area contributed by atoms with Gasteiger partial charge < -0.3 is 5.11 Å². The van der Waals surface area contributed by atoms with Gasteiger partial charge in [0.1, 0.15) is 0 Å². The molecule has 0 aliphatic rings. The molecule has 0 spiro atoms. The number of amides is 1. The van der Waals surface area contributed by atoms with Crippen LogP contribution in [0.4, 0.5) is 4.48 Å². The summed E-state index contributed by atoms with van der Waals surface area (Å²) in [5.74, 6) is -2.31. The summed E-state index contributed by atoms with van der Waals surface area (Å²) >= 11 is 0. The summed E-state index contributed by atoms with van der Waals surface area (Å²) in [6.07, 6.45) is 2.39. The van der Waals surface area contributed by atoms with Gasteiger partial charge in [-0.1, -0.05) is 10.6 Å². The summed E-state index contributed by atoms with van der Waals surface area (Å²) < 4.78 is 12.4. The quantitative estimate of drug-likeness (QED) is 0.383. The van der Waals surface area contributed by atoms with Crippen LogP contribution in [0, 0.1) is 0 Å². The molecule has 0 aromatic heterocycles. The molecule has 0 unspecified atom stereocenters. The summed E-state index contributed by atoms with van der Waals surface area (Å²) in [5.41, 5.74) is 0. The second-order valence-corrected chi connectivity index (χ2v) is 1.84. The fraction of sp³-hybridized carbons (Fsp3) is 0.143. The molecule has 0 atom stereocenters. The van der Waals surface area contributed by atoms with Crippen LogP contribution in [0.3, 0.4) is 0 Å². The summed E-state index contributed by atoms with van der Waals surface area (Å²) in [6.45, 7) is 2.94. The molecule has 1 N–H and O–H groups in total. The van der Waals surface area contributed by atoms with E-state index in [9.17, 15) is 14.1 Å². The first kappa shape index (κ1) is 10.3. The highest BCUT2D eigenvalue weighted by Crippen LogP contribution is 1.91. The first-order valence-corrected chi connectivity index (χ1v) is 3.07. The maximum absolute atomic E-state index is 12.4. The van der Waals surface area contributed by atoms with Crippen molar-refractivity contribution < 1.29 is 19.2 Å². The molecule has 0 radical (unpaired) electrons. The van der Waals surface area contributed by atoms with E-state index in [4.69, 9.17) is 5.11 Å². The van der Waals surface area contributed by atoms with Gasteiger partial charge in [0.15, 0.2) is 0 Å². The van der Waals surface area contributed by atoms with Crippen molar-refractivity contribution in [2.45, 2.75) is 0 Å². The van der Waals surface area contributed by atoms with Crippen LogP contribution < -0.4 is 0 Å². The molecule has 0 saturated heterocycles. The van der Waals surface area contributed by atoms with Crippen molar-refractivity contribution in [2.24, 2.45) is 0 Å². The van der Waals surface area contributed by atoms with E-state index in [1.165, 1.54) is 6.08 Å². The standard InChI is InChI=1S/C7H8FNO3/c1-2-5-9(8)6(10)3-4-7(11)12/h2-4H,1,5H2,(H,11,12). The SMILES string of the molecule is C=CCN(F)C(=O)C=CC(=O)O. The third kappa shape index (κ3) is 4.21. The monoisotopic (exact) mass is 173 g/mol. The maximum Gasteiger partial charge on any atom is 0.328 e. The fourth-order valence-electron chi connectivity index (χ4n) is 0.427. The predicted molar refractivity (Wildman–Crippen MR) is 39.8 cm³/mol. The molecule has 4 nitrogen and oxygen atoms in total. The molecule has 1 amide bonds. The zero-order valence-electron chi connectivity index (χ0n) is 6.24. The van der Waals surface area contributed by atoms with Crippen LogP contribution in [0.5, 0.6) is 0 Å². The summed E-state index contributed by atoms with van der Waals surface area (Å²) in [4.78, 5) is 20.5. The van der Waals surface area contributed by atoms with Crippen LogP contribution in [0.1, 0.15) is 0 Å². The lowest BCUT2D eigenvalue weighted by Gasteiger charge is -2.04. The average molecular weight is 173 g/mol. The Morgan fingerprint density at radius 3 is 2.50 bits per heavy atom. The minimum absolute atomic E-state index is 0.146. The van der Waals surface area contributed by atoms with Gasteiger partial charge in [-0.3, -0.25) is 4.79 Å². The molecule has 0 saturated carbocycles. The van der Waals surface area contributed by atoms with E-state index in [0.717, 1.165) is 0 Å². The normalized spacial score (nSPS) is 9.75. The first-order chi connectivity index (χ1) is 5.57. The minimum Gasteiger partial charge on any atom is -0.478 e. The Hall–Kier alpha value is -1.65. The molecular weight excluding hydrogens is 165 g/mol. The van der Waals surface area contributed by atoms with Crippen LogP contribution in [-0.2, 0) is 9.59 Å². The molecule has 66 valence electrons. The Bertz CT molecular complexity index is 225. The number of nitrogens with zero attached hydrogens (tertiary/aromatic N) is 1. The number of hydrogen-bond acceptors (Lipinski definition) is 2. The Labute approximate surface area is 68.5 Å². The van der Waals surface area contributed by atoms with E-state index in [1.54, 1.807) is 0 Å². The van der Waals surface area contributed by atoms with E-state index >= 15 is 0 Å². The number of carboxylic acids is 1. The smallest absolute Gasteiger partial charge is 0.328 e. The number of hydrogen-bond donors (Lipinski definition) is 1. The third-order valence-corrected chi connectivity index (χ3v) is 0.897. The first-order valence-electron chi connectivity index (χ1n) is 3.07. The van der Waals surface area contributed by atoms with Crippen LogP contribution in [0.15, 0.2) is 24.8 Å². The van der Waals surface area contributed by atoms with Gasteiger partial charge >= 0.3 is 5.97 Å². The van der Waals surface area contributed by atoms with Crippen LogP contribution in [0.2, 0.25) is 0 Å². The number of rotatable bonds is 4. The lowest BCUT2D eigenvalue weighted by Crippen LogP contribution is -2.20. The van der Waals surface area contributed by atoms with Crippen molar-refractivity contribution in [3.63, 3.8) is 0 Å². The number of carbonyl (C=O) groups excluding carboxylic acids is 1. The van der Waals surface area contributed by atoms with Crippen molar-refractivity contribution in [3.8, 4) is 0 Å². The maximum atomic E-state index is 12.4. The molecule has 0 rings (SSSR count). The summed E-state index contributed by atoms with van der Waals surface area (Å²) in [5, 5.41) is 7.93. The Morgan fingerprint density at radius 1 is 1.50 bits per heavy atom. The molecule has 0 aromatic rings. The number of carbonyl (C=O) groups is 2. The molecule has 0 aliphatic heterocycles. The molecule has 0 aromatic carbocycles. The molecule has 0 heterocycles. The van der Waals surface area contributed by atoms with E-state index in [0.29, 0.717) is 12.2 Å². The summed E-state index contributed by atoms with van der Waals surface area (Å²) in [7, 11) is 0. The van der Waals surface area contributed by atoms with E-state index in [2.05, 4.69) is 6.58 Å². The fourth-order valence-corrected chi connectivity index (χ4v) is 0.427. The average Bonchev–Trinajstić information content (AvgIpc) is 2.00. The number of aliphatic carboxylic acids is 1. The number of halogens is 1. The third-order valence-electron chi connectivity index (χ3n) is 0.897. The number of carboxylic acid groups (broad SMARTS) is 1. The van der Waals surface area contributed by atoms with Gasteiger partial charge in [0.05, 0.1) is 6.54 Å². The Morgan fingerprint density at radius 2 is 2.08 bits per heavy atom. The highest BCUT2D eigenvalue weighted by atomic mass is 19.2. The zero-order chi connectivity index (χ0) is 9.56. The zero-order valence-corrected chi connectivity index (χ0v) is 6.24. The lowest BCUT2D eigenvalue weighted by molar-refractivity contribution is -0.140. The van der Waals surface area contributed by atoms with Crippen LogP contribution >= 0.6 is 0 Å². The Kier molecular flexibility index (Phi) is 4.36. The van der Waals surface area contributed by atoms with Gasteiger partial charge in [-0.15, -0.1) is 6.58 Å². The highest BCUT2D eigenvalue weighted by molar-refractivity contribution is 5.93. The van der Waals surface area contributed by atoms with Gasteiger partial charge in [-0.05, 0) is 0 Å². The molecule has 5 heteroatoms. The van der Waals surface area contributed by atoms with Gasteiger partial charge in [-0.2, -0.15) is 5.12 Å². The highest BCUT2D eigenvalue weighted by Gasteiger charge is 2.06. The Balaban J connectivity index is 4.02. The van der Waals surface area contributed by atoms with E-state index < -0.39 is 11.9 Å². The van der Waals surface area contributed by atoms with Crippen molar-refractivity contribution >= 4 is 11.9 Å². The van der Waals surface area contributed by atoms with Crippen molar-refractivity contribution in [3.05, 3.63) is 24.8 Å². The molecular formula is C7H8FNO3. The molecule has 0 fully saturated rings. The second kappa shape index (κ2) is 5.06. The lowest BCUT2D eigenvalue weighted by atomic mass is 10.4. The van der Waals surface area contributed by atoms with Crippen molar-refractivity contribution in [1.29, 1.82) is 0 Å². The predicted octanol–water partition coefficient (Wildman–Crippen LogP) is 0.526. The van der Waals surface area contributed by atoms with Crippen LogP contribution in [-0.4, -0.2) is 28.6 Å². The second-order valence-electron chi connectivity index (χ2n) is 1.84. The van der Waals surface area contributed by atoms with E-state index in [-0.39, 0.29) is 11.7 Å². The van der Waals surface area contributed by atoms with Crippen molar-refractivity contribution in [1.82, 2.24) is 5.12 Å². The summed E-state index contributed by atoms with van der Waals surface area (Å²) in [6, 6.07) is 0. The van der Waals surface area contributed by atoms with Crippen LogP contribution in [0.25, 0.3) is 0 Å². The van der Waals surface area contributed by atoms with E-state index in [1.807, 2.05) is 0 Å². The van der Waals surface area contributed by atoms with Crippen molar-refractivity contribution in [2.75, 3.05) is 6.54 Å². The molecule has 0 bridgehead atoms. The van der Waals surface area contributed by atoms with Gasteiger partial charge in [-0.25, -0.2) is 4.79 Å². The van der Waals surface area contributed by atoms with Gasteiger partial charge in [0.25, 0.3) is 5.91 Å².